The van der Waals surface area contributed by atoms with Gasteiger partial charge in [0.15, 0.2) is 0 Å². The van der Waals surface area contributed by atoms with E-state index in [4.69, 9.17) is 16.3 Å². The molecule has 6 nitrogen and oxygen atoms in total. The second-order valence-electron chi connectivity index (χ2n) is 7.54. The van der Waals surface area contributed by atoms with Crippen LogP contribution in [-0.4, -0.2) is 66.6 Å². The van der Waals surface area contributed by atoms with Crippen molar-refractivity contribution in [3.8, 4) is 0 Å². The lowest BCUT2D eigenvalue weighted by Gasteiger charge is -2.32. The van der Waals surface area contributed by atoms with Crippen LogP contribution in [0.3, 0.4) is 0 Å². The first-order chi connectivity index (χ1) is 14.9. The highest BCUT2D eigenvalue weighted by molar-refractivity contribution is 8.00. The summed E-state index contributed by atoms with van der Waals surface area (Å²) in [6, 6.07) is 11.6. The van der Waals surface area contributed by atoms with Gasteiger partial charge >= 0.3 is 5.97 Å². The standard InChI is InChI=1S/C23H27ClN2O4S/c1-3-30-23(29)17-10-12-26(13-11-17)20(27)14-25(2)21(28)15-31-19-9-5-7-16-6-4-8-18(24)22(16)19/h4-9,17H,3,10-15H2,1-2H3. The summed E-state index contributed by atoms with van der Waals surface area (Å²) in [5.41, 5.74) is 0. The van der Waals surface area contributed by atoms with Gasteiger partial charge in [0, 0.05) is 35.4 Å². The molecular formula is C23H27ClN2O4S. The van der Waals surface area contributed by atoms with E-state index in [0.717, 1.165) is 15.7 Å². The SMILES string of the molecule is CCOC(=O)C1CCN(C(=O)CN(C)C(=O)CSc2cccc3cccc(Cl)c23)CC1. The Kier molecular flexibility index (Phi) is 8.21. The number of rotatable bonds is 7. The van der Waals surface area contributed by atoms with E-state index in [1.165, 1.54) is 16.7 Å². The number of nitrogens with zero attached hydrogens (tertiary/aromatic N) is 2. The van der Waals surface area contributed by atoms with E-state index in [1.807, 2.05) is 36.4 Å². The lowest BCUT2D eigenvalue weighted by Crippen LogP contribution is -2.46. The number of halogens is 1. The van der Waals surface area contributed by atoms with Gasteiger partial charge in [0.05, 0.1) is 24.8 Å². The van der Waals surface area contributed by atoms with Crippen molar-refractivity contribution in [1.82, 2.24) is 9.80 Å². The van der Waals surface area contributed by atoms with Gasteiger partial charge < -0.3 is 14.5 Å². The molecule has 0 N–H and O–H groups in total. The molecule has 0 aliphatic carbocycles. The molecule has 1 saturated heterocycles. The first-order valence-corrected chi connectivity index (χ1v) is 11.8. The maximum Gasteiger partial charge on any atom is 0.309 e. The van der Waals surface area contributed by atoms with E-state index in [2.05, 4.69) is 0 Å². The van der Waals surface area contributed by atoms with Crippen LogP contribution in [0.15, 0.2) is 41.3 Å². The summed E-state index contributed by atoms with van der Waals surface area (Å²) in [4.78, 5) is 41.2. The molecule has 0 atom stereocenters. The van der Waals surface area contributed by atoms with E-state index >= 15 is 0 Å². The van der Waals surface area contributed by atoms with Crippen LogP contribution in [0.1, 0.15) is 19.8 Å². The third-order valence-corrected chi connectivity index (χ3v) is 6.79. The largest absolute Gasteiger partial charge is 0.466 e. The number of carbonyl (C=O) groups excluding carboxylic acids is 3. The van der Waals surface area contributed by atoms with Crippen molar-refractivity contribution in [3.63, 3.8) is 0 Å². The molecule has 1 aliphatic rings. The molecule has 166 valence electrons. The van der Waals surface area contributed by atoms with E-state index in [0.29, 0.717) is 37.6 Å². The number of benzene rings is 2. The van der Waals surface area contributed by atoms with Gasteiger partial charge in [0.2, 0.25) is 11.8 Å². The van der Waals surface area contributed by atoms with Crippen LogP contribution in [0.5, 0.6) is 0 Å². The van der Waals surface area contributed by atoms with Crippen LogP contribution in [0.2, 0.25) is 5.02 Å². The fourth-order valence-electron chi connectivity index (χ4n) is 3.65. The molecule has 0 bridgehead atoms. The molecule has 8 heteroatoms. The Morgan fingerprint density at radius 3 is 2.52 bits per heavy atom. The summed E-state index contributed by atoms with van der Waals surface area (Å²) < 4.78 is 5.06. The quantitative estimate of drug-likeness (QED) is 0.462. The minimum absolute atomic E-state index is 0.0275. The van der Waals surface area contributed by atoms with Crippen molar-refractivity contribution >= 4 is 51.9 Å². The van der Waals surface area contributed by atoms with Crippen LogP contribution in [0, 0.1) is 5.92 Å². The minimum atomic E-state index is -0.188. The normalized spacial score (nSPS) is 14.5. The molecule has 0 unspecified atom stereocenters. The fourth-order valence-corrected chi connectivity index (χ4v) is 5.03. The van der Waals surface area contributed by atoms with Crippen molar-refractivity contribution in [3.05, 3.63) is 41.4 Å². The molecule has 0 saturated carbocycles. The van der Waals surface area contributed by atoms with Crippen LogP contribution < -0.4 is 0 Å². The van der Waals surface area contributed by atoms with Crippen molar-refractivity contribution in [1.29, 1.82) is 0 Å². The summed E-state index contributed by atoms with van der Waals surface area (Å²) >= 11 is 7.77. The van der Waals surface area contributed by atoms with Crippen molar-refractivity contribution in [2.45, 2.75) is 24.7 Å². The molecule has 1 fully saturated rings. The van der Waals surface area contributed by atoms with E-state index < -0.39 is 0 Å². The second-order valence-corrected chi connectivity index (χ2v) is 8.96. The molecule has 0 spiro atoms. The smallest absolute Gasteiger partial charge is 0.309 e. The first-order valence-electron chi connectivity index (χ1n) is 10.4. The van der Waals surface area contributed by atoms with Crippen molar-refractivity contribution < 1.29 is 19.1 Å². The third kappa shape index (κ3) is 5.92. The Morgan fingerprint density at radius 1 is 1.16 bits per heavy atom. The summed E-state index contributed by atoms with van der Waals surface area (Å²) in [6.45, 7) is 3.20. The van der Waals surface area contributed by atoms with E-state index in [1.54, 1.807) is 18.9 Å². The number of piperidine rings is 1. The summed E-state index contributed by atoms with van der Waals surface area (Å²) in [6.07, 6.45) is 1.19. The molecule has 31 heavy (non-hydrogen) atoms. The number of ether oxygens (including phenoxy) is 1. The van der Waals surface area contributed by atoms with E-state index in [-0.39, 0.29) is 36.0 Å². The Morgan fingerprint density at radius 2 is 1.84 bits per heavy atom. The number of fused-ring (bicyclic) bond motifs is 1. The zero-order chi connectivity index (χ0) is 22.4. The Hall–Kier alpha value is -2.25. The predicted octanol–water partition coefficient (Wildman–Crippen LogP) is 3.85. The number of carbonyl (C=O) groups is 3. The fraction of sp³-hybridized carbons (Fsp3) is 0.435. The Balaban J connectivity index is 1.50. The highest BCUT2D eigenvalue weighted by atomic mass is 35.5. The molecule has 2 aromatic carbocycles. The van der Waals surface area contributed by atoms with Gasteiger partial charge in [-0.3, -0.25) is 14.4 Å². The highest BCUT2D eigenvalue weighted by Crippen LogP contribution is 2.33. The lowest BCUT2D eigenvalue weighted by atomic mass is 9.97. The average Bonchev–Trinajstić information content (AvgIpc) is 2.77. The van der Waals surface area contributed by atoms with Gasteiger partial charge in [-0.1, -0.05) is 35.9 Å². The molecular weight excluding hydrogens is 436 g/mol. The molecule has 0 radical (unpaired) electrons. The molecule has 2 amide bonds. The maximum atomic E-state index is 12.6. The second kappa shape index (κ2) is 10.9. The van der Waals surface area contributed by atoms with Crippen molar-refractivity contribution in [2.24, 2.45) is 5.92 Å². The number of likely N-dealkylation sites (N-methyl/N-ethyl adjacent to an activating group) is 1. The molecule has 1 heterocycles. The minimum Gasteiger partial charge on any atom is -0.466 e. The van der Waals surface area contributed by atoms with Gasteiger partial charge in [-0.2, -0.15) is 0 Å². The summed E-state index contributed by atoms with van der Waals surface area (Å²) in [5.74, 6) is -0.334. The van der Waals surface area contributed by atoms with Crippen LogP contribution in [-0.2, 0) is 19.1 Å². The van der Waals surface area contributed by atoms with Crippen LogP contribution >= 0.6 is 23.4 Å². The topological polar surface area (TPSA) is 66.9 Å². The number of hydrogen-bond donors (Lipinski definition) is 0. The molecule has 3 rings (SSSR count). The van der Waals surface area contributed by atoms with Crippen LogP contribution in [0.4, 0.5) is 0 Å². The Labute approximate surface area is 191 Å². The van der Waals surface area contributed by atoms with Crippen molar-refractivity contribution in [2.75, 3.05) is 39.0 Å². The summed E-state index contributed by atoms with van der Waals surface area (Å²) in [5, 5.41) is 2.62. The molecule has 1 aliphatic heterocycles. The van der Waals surface area contributed by atoms with Gasteiger partial charge in [-0.05, 0) is 37.3 Å². The predicted molar refractivity (Wildman–Crippen MR) is 123 cm³/mol. The zero-order valence-electron chi connectivity index (χ0n) is 17.8. The van der Waals surface area contributed by atoms with Gasteiger partial charge in [0.25, 0.3) is 0 Å². The number of esters is 1. The number of likely N-dealkylation sites (tertiary alicyclic amines) is 1. The average molecular weight is 463 g/mol. The number of thioether (sulfide) groups is 1. The van der Waals surface area contributed by atoms with Gasteiger partial charge in [0.1, 0.15) is 0 Å². The number of amides is 2. The molecule has 0 aromatic heterocycles. The third-order valence-electron chi connectivity index (χ3n) is 5.43. The van der Waals surface area contributed by atoms with Crippen LogP contribution in [0.25, 0.3) is 10.8 Å². The summed E-state index contributed by atoms with van der Waals surface area (Å²) in [7, 11) is 1.64. The monoisotopic (exact) mass is 462 g/mol. The lowest BCUT2D eigenvalue weighted by molar-refractivity contribution is -0.151. The Bertz CT molecular complexity index is 954. The van der Waals surface area contributed by atoms with Gasteiger partial charge in [-0.25, -0.2) is 0 Å². The maximum absolute atomic E-state index is 12.6. The van der Waals surface area contributed by atoms with E-state index in [9.17, 15) is 14.4 Å². The molecule has 2 aromatic rings. The zero-order valence-corrected chi connectivity index (χ0v) is 19.4. The number of hydrogen-bond acceptors (Lipinski definition) is 5. The highest BCUT2D eigenvalue weighted by Gasteiger charge is 2.29. The van der Waals surface area contributed by atoms with Gasteiger partial charge in [-0.15, -0.1) is 11.8 Å². The first kappa shape index (κ1) is 23.4.